The molecule has 0 heterocycles. The zero-order valence-electron chi connectivity index (χ0n) is 8.58. The SMILES string of the molecule is CC(C)c1cccc(C#CCC=O)c1. The highest BCUT2D eigenvalue weighted by Crippen LogP contribution is 2.14. The van der Waals surface area contributed by atoms with E-state index in [9.17, 15) is 4.79 Å². The summed E-state index contributed by atoms with van der Waals surface area (Å²) in [5.74, 6) is 6.28. The van der Waals surface area contributed by atoms with Gasteiger partial charge >= 0.3 is 0 Å². The fraction of sp³-hybridized carbons (Fsp3) is 0.308. The number of benzene rings is 1. The van der Waals surface area contributed by atoms with Gasteiger partial charge in [0.25, 0.3) is 0 Å². The fourth-order valence-corrected chi connectivity index (χ4v) is 1.17. The Morgan fingerprint density at radius 1 is 1.43 bits per heavy atom. The molecule has 0 bridgehead atoms. The lowest BCUT2D eigenvalue weighted by atomic mass is 10.0. The van der Waals surface area contributed by atoms with Gasteiger partial charge in [-0.3, -0.25) is 0 Å². The molecule has 0 N–H and O–H groups in total. The van der Waals surface area contributed by atoms with Crippen molar-refractivity contribution in [2.75, 3.05) is 0 Å². The predicted octanol–water partition coefficient (Wildman–Crippen LogP) is 2.75. The summed E-state index contributed by atoms with van der Waals surface area (Å²) in [4.78, 5) is 10.1. The second-order valence-corrected chi connectivity index (χ2v) is 3.45. The molecule has 1 aromatic rings. The van der Waals surface area contributed by atoms with Gasteiger partial charge in [0.2, 0.25) is 0 Å². The monoisotopic (exact) mass is 186 g/mol. The highest BCUT2D eigenvalue weighted by molar-refractivity contribution is 5.55. The molecule has 0 atom stereocenters. The van der Waals surface area contributed by atoms with E-state index in [0.717, 1.165) is 11.8 Å². The Labute approximate surface area is 85.1 Å². The zero-order chi connectivity index (χ0) is 10.4. The van der Waals surface area contributed by atoms with Crippen molar-refractivity contribution < 1.29 is 4.79 Å². The van der Waals surface area contributed by atoms with Gasteiger partial charge in [-0.2, -0.15) is 0 Å². The first kappa shape index (κ1) is 10.5. The number of hydrogen-bond donors (Lipinski definition) is 0. The lowest BCUT2D eigenvalue weighted by Crippen LogP contribution is -1.87. The lowest BCUT2D eigenvalue weighted by Gasteiger charge is -2.04. The molecule has 72 valence electrons. The normalized spacial score (nSPS) is 9.36. The molecule has 1 heteroatoms. The van der Waals surface area contributed by atoms with E-state index in [0.29, 0.717) is 12.3 Å². The summed E-state index contributed by atoms with van der Waals surface area (Å²) in [6, 6.07) is 8.13. The van der Waals surface area contributed by atoms with Gasteiger partial charge < -0.3 is 4.79 Å². The zero-order valence-corrected chi connectivity index (χ0v) is 8.58. The van der Waals surface area contributed by atoms with Crippen molar-refractivity contribution in [3.8, 4) is 11.8 Å². The number of rotatable bonds is 2. The van der Waals surface area contributed by atoms with Gasteiger partial charge in [-0.15, -0.1) is 0 Å². The summed E-state index contributed by atoms with van der Waals surface area (Å²) in [5, 5.41) is 0. The molecule has 0 aliphatic heterocycles. The van der Waals surface area contributed by atoms with Crippen LogP contribution in [0, 0.1) is 11.8 Å². The number of carbonyl (C=O) groups excluding carboxylic acids is 1. The maximum atomic E-state index is 10.1. The predicted molar refractivity (Wildman–Crippen MR) is 58.1 cm³/mol. The van der Waals surface area contributed by atoms with Crippen molar-refractivity contribution >= 4 is 6.29 Å². The summed E-state index contributed by atoms with van der Waals surface area (Å²) >= 11 is 0. The van der Waals surface area contributed by atoms with Crippen LogP contribution in [-0.2, 0) is 4.79 Å². The first-order valence-corrected chi connectivity index (χ1v) is 4.76. The Bertz CT molecular complexity index is 366. The lowest BCUT2D eigenvalue weighted by molar-refractivity contribution is -0.107. The maximum absolute atomic E-state index is 10.1. The molecule has 14 heavy (non-hydrogen) atoms. The molecule has 0 aliphatic rings. The van der Waals surface area contributed by atoms with Gasteiger partial charge in [0.15, 0.2) is 0 Å². The van der Waals surface area contributed by atoms with Gasteiger partial charge in [0.1, 0.15) is 6.29 Å². The highest BCUT2D eigenvalue weighted by atomic mass is 16.1. The van der Waals surface area contributed by atoms with E-state index in [-0.39, 0.29) is 0 Å². The molecular formula is C13H14O. The van der Waals surface area contributed by atoms with Crippen LogP contribution in [0.15, 0.2) is 24.3 Å². The highest BCUT2D eigenvalue weighted by Gasteiger charge is 1.97. The Morgan fingerprint density at radius 2 is 2.21 bits per heavy atom. The van der Waals surface area contributed by atoms with E-state index < -0.39 is 0 Å². The minimum absolute atomic E-state index is 0.311. The first-order valence-electron chi connectivity index (χ1n) is 4.76. The molecular weight excluding hydrogens is 172 g/mol. The Hall–Kier alpha value is -1.55. The van der Waals surface area contributed by atoms with Crippen LogP contribution >= 0.6 is 0 Å². The van der Waals surface area contributed by atoms with Crippen LogP contribution in [0.4, 0.5) is 0 Å². The van der Waals surface area contributed by atoms with E-state index in [1.54, 1.807) is 0 Å². The van der Waals surface area contributed by atoms with Crippen LogP contribution in [0.2, 0.25) is 0 Å². The average Bonchev–Trinajstić information content (AvgIpc) is 2.19. The van der Waals surface area contributed by atoms with Crippen molar-refractivity contribution in [3.05, 3.63) is 35.4 Å². The second kappa shape index (κ2) is 5.24. The summed E-state index contributed by atoms with van der Waals surface area (Å²) in [5.41, 5.74) is 2.26. The smallest absolute Gasteiger partial charge is 0.131 e. The molecule has 0 amide bonds. The molecule has 1 nitrogen and oxygen atoms in total. The van der Waals surface area contributed by atoms with E-state index in [2.05, 4.69) is 37.8 Å². The van der Waals surface area contributed by atoms with Crippen LogP contribution < -0.4 is 0 Å². The third kappa shape index (κ3) is 3.06. The first-order chi connectivity index (χ1) is 6.74. The van der Waals surface area contributed by atoms with Crippen molar-refractivity contribution in [1.29, 1.82) is 0 Å². The summed E-state index contributed by atoms with van der Waals surface area (Å²) in [6.07, 6.45) is 1.13. The van der Waals surface area contributed by atoms with Crippen molar-refractivity contribution in [1.82, 2.24) is 0 Å². The Morgan fingerprint density at radius 3 is 2.86 bits per heavy atom. The summed E-state index contributed by atoms with van der Waals surface area (Å²) < 4.78 is 0. The van der Waals surface area contributed by atoms with Crippen LogP contribution in [0.25, 0.3) is 0 Å². The van der Waals surface area contributed by atoms with Gasteiger partial charge in [-0.05, 0) is 23.6 Å². The molecule has 1 aromatic carbocycles. The number of carbonyl (C=O) groups is 1. The van der Waals surface area contributed by atoms with Gasteiger partial charge in [-0.1, -0.05) is 37.8 Å². The third-order valence-corrected chi connectivity index (χ3v) is 1.97. The van der Waals surface area contributed by atoms with Crippen LogP contribution in [0.1, 0.15) is 37.3 Å². The molecule has 0 spiro atoms. The van der Waals surface area contributed by atoms with E-state index >= 15 is 0 Å². The van der Waals surface area contributed by atoms with Crippen molar-refractivity contribution in [2.45, 2.75) is 26.2 Å². The summed E-state index contributed by atoms with van der Waals surface area (Å²) in [7, 11) is 0. The Balaban J connectivity index is 2.85. The molecule has 0 fully saturated rings. The average molecular weight is 186 g/mol. The van der Waals surface area contributed by atoms with E-state index in [4.69, 9.17) is 0 Å². The van der Waals surface area contributed by atoms with Crippen LogP contribution in [-0.4, -0.2) is 6.29 Å². The molecule has 0 aliphatic carbocycles. The largest absolute Gasteiger partial charge is 0.302 e. The number of aldehydes is 1. The standard InChI is InChI=1S/C13H14O/c1-11(2)13-8-5-7-12(10-13)6-3-4-9-14/h5,7-11H,4H2,1-2H3. The van der Waals surface area contributed by atoms with E-state index in [1.165, 1.54) is 5.56 Å². The van der Waals surface area contributed by atoms with Gasteiger partial charge in [-0.25, -0.2) is 0 Å². The summed E-state index contributed by atoms with van der Waals surface area (Å²) in [6.45, 7) is 4.30. The minimum Gasteiger partial charge on any atom is -0.302 e. The molecule has 0 saturated heterocycles. The maximum Gasteiger partial charge on any atom is 0.131 e. The third-order valence-electron chi connectivity index (χ3n) is 1.97. The van der Waals surface area contributed by atoms with Gasteiger partial charge in [0.05, 0.1) is 6.42 Å². The topological polar surface area (TPSA) is 17.1 Å². The minimum atomic E-state index is 0.311. The molecule has 0 unspecified atom stereocenters. The molecule has 0 saturated carbocycles. The van der Waals surface area contributed by atoms with Crippen molar-refractivity contribution in [2.24, 2.45) is 0 Å². The molecule has 1 rings (SSSR count). The second-order valence-electron chi connectivity index (χ2n) is 3.45. The Kier molecular flexibility index (Phi) is 3.94. The van der Waals surface area contributed by atoms with Crippen molar-refractivity contribution in [3.63, 3.8) is 0 Å². The quantitative estimate of drug-likeness (QED) is 0.512. The molecule has 0 aromatic heterocycles. The number of hydrogen-bond acceptors (Lipinski definition) is 1. The van der Waals surface area contributed by atoms with E-state index in [1.807, 2.05) is 12.1 Å². The van der Waals surface area contributed by atoms with Crippen LogP contribution in [0.3, 0.4) is 0 Å². The fourth-order valence-electron chi connectivity index (χ4n) is 1.17. The van der Waals surface area contributed by atoms with Crippen LogP contribution in [0.5, 0.6) is 0 Å². The molecule has 0 radical (unpaired) electrons. The van der Waals surface area contributed by atoms with Gasteiger partial charge in [0, 0.05) is 5.56 Å².